The fraction of sp³-hybridized carbons (Fsp3) is 0.667. The molecule has 0 fully saturated rings. The van der Waals surface area contributed by atoms with E-state index in [1.165, 1.54) is 89.0 Å². The second-order valence-corrected chi connectivity index (χ2v) is 11.4. The summed E-state index contributed by atoms with van der Waals surface area (Å²) < 4.78 is 35.7. The Morgan fingerprint density at radius 3 is 1.54 bits per heavy atom. The Balaban J connectivity index is 0.00000612. The third-order valence-corrected chi connectivity index (χ3v) is 7.85. The largest absolute Gasteiger partial charge is 1.00 e. The van der Waals surface area contributed by atoms with E-state index in [1.54, 1.807) is 12.1 Å². The molecule has 0 unspecified atom stereocenters. The van der Waals surface area contributed by atoms with Crippen molar-refractivity contribution in [2.24, 2.45) is 0 Å². The number of hydrogen-bond donors (Lipinski definition) is 0. The predicted molar refractivity (Wildman–Crippen MR) is 145 cm³/mol. The Bertz CT molecular complexity index is 940. The van der Waals surface area contributed by atoms with Crippen LogP contribution in [-0.2, 0) is 23.0 Å². The summed E-state index contributed by atoms with van der Waals surface area (Å²) in [4.78, 5) is -0.0714. The zero-order valence-corrected chi connectivity index (χ0v) is 25.6. The number of unbranched alkanes of at least 4 members (excludes halogenated alkanes) is 14. The summed E-state index contributed by atoms with van der Waals surface area (Å²) in [5.41, 5.74) is 2.18. The molecule has 5 heteroatoms. The van der Waals surface area contributed by atoms with Crippen LogP contribution in [0.25, 0.3) is 10.8 Å². The Hall–Kier alpha value is -0.390. The van der Waals surface area contributed by atoms with Crippen LogP contribution >= 0.6 is 0 Å². The molecule has 2 aromatic rings. The Morgan fingerprint density at radius 1 is 0.600 bits per heavy atom. The molecular formula is C30H47NaO3S. The summed E-state index contributed by atoms with van der Waals surface area (Å²) in [6.45, 7) is 4.48. The van der Waals surface area contributed by atoms with Crippen molar-refractivity contribution in [2.45, 2.75) is 134 Å². The molecule has 0 atom stereocenters. The van der Waals surface area contributed by atoms with Crippen LogP contribution in [-0.4, -0.2) is 13.0 Å². The van der Waals surface area contributed by atoms with Gasteiger partial charge in [-0.05, 0) is 59.7 Å². The van der Waals surface area contributed by atoms with Gasteiger partial charge in [-0.15, -0.1) is 0 Å². The first-order chi connectivity index (χ1) is 16.5. The van der Waals surface area contributed by atoms with Crippen LogP contribution in [0, 0.1) is 0 Å². The van der Waals surface area contributed by atoms with E-state index in [0.717, 1.165) is 48.4 Å². The zero-order chi connectivity index (χ0) is 24.7. The fourth-order valence-corrected chi connectivity index (χ4v) is 5.51. The van der Waals surface area contributed by atoms with Crippen LogP contribution in [0.4, 0.5) is 0 Å². The maximum absolute atomic E-state index is 11.9. The van der Waals surface area contributed by atoms with Crippen molar-refractivity contribution in [2.75, 3.05) is 0 Å². The molecule has 0 aliphatic carbocycles. The van der Waals surface area contributed by atoms with Gasteiger partial charge in [-0.3, -0.25) is 0 Å². The second-order valence-electron chi connectivity index (χ2n) is 10.00. The van der Waals surface area contributed by atoms with Gasteiger partial charge in [-0.2, -0.15) is 0 Å². The van der Waals surface area contributed by atoms with Gasteiger partial charge < -0.3 is 4.55 Å². The molecule has 0 amide bonds. The van der Waals surface area contributed by atoms with Crippen molar-refractivity contribution in [3.05, 3.63) is 41.5 Å². The van der Waals surface area contributed by atoms with Gasteiger partial charge in [0.1, 0.15) is 10.1 Å². The molecule has 0 aromatic heterocycles. The molecule has 0 aliphatic heterocycles. The van der Waals surface area contributed by atoms with Crippen LogP contribution in [0.3, 0.4) is 0 Å². The second kappa shape index (κ2) is 18.8. The molecule has 0 heterocycles. The molecule has 0 bridgehead atoms. The molecule has 0 N–H and O–H groups in total. The predicted octanol–water partition coefficient (Wildman–Crippen LogP) is 6.11. The van der Waals surface area contributed by atoms with Gasteiger partial charge in [0.05, 0.1) is 4.90 Å². The van der Waals surface area contributed by atoms with E-state index in [9.17, 15) is 13.0 Å². The summed E-state index contributed by atoms with van der Waals surface area (Å²) in [5, 5.41) is 2.07. The van der Waals surface area contributed by atoms with Crippen molar-refractivity contribution < 1.29 is 42.5 Å². The van der Waals surface area contributed by atoms with Gasteiger partial charge in [0.2, 0.25) is 0 Å². The molecule has 3 nitrogen and oxygen atoms in total. The van der Waals surface area contributed by atoms with Crippen molar-refractivity contribution >= 4 is 20.9 Å². The standard InChI is InChI=1S/C30H48O3S.Na/c1-3-5-7-9-11-13-15-17-20-26-22-19-23-29-27(21-18-16-14-12-10-8-6-4-2)24-28(25-30(26)29)34(31,32)33;/h19,22-25H,3-18,20-21H2,1-2H3,(H,31,32,33);/q;+1/p-1. The average molecular weight is 511 g/mol. The number of hydrogen-bond acceptors (Lipinski definition) is 3. The van der Waals surface area contributed by atoms with Crippen LogP contribution in [0.2, 0.25) is 0 Å². The van der Waals surface area contributed by atoms with Crippen molar-refractivity contribution in [1.29, 1.82) is 0 Å². The van der Waals surface area contributed by atoms with E-state index in [4.69, 9.17) is 0 Å². The molecule has 35 heavy (non-hydrogen) atoms. The van der Waals surface area contributed by atoms with Crippen molar-refractivity contribution in [3.63, 3.8) is 0 Å². The molecular weight excluding hydrogens is 463 g/mol. The van der Waals surface area contributed by atoms with Gasteiger partial charge in [0, 0.05) is 0 Å². The first kappa shape index (κ1) is 32.6. The number of fused-ring (bicyclic) bond motifs is 1. The first-order valence-electron chi connectivity index (χ1n) is 14.0. The van der Waals surface area contributed by atoms with E-state index in [0.29, 0.717) is 0 Å². The van der Waals surface area contributed by atoms with Gasteiger partial charge in [-0.25, -0.2) is 8.42 Å². The van der Waals surface area contributed by atoms with Gasteiger partial charge in [0.15, 0.2) is 0 Å². The van der Waals surface area contributed by atoms with Gasteiger partial charge in [0.25, 0.3) is 0 Å². The minimum atomic E-state index is -4.47. The molecule has 0 aliphatic rings. The van der Waals surface area contributed by atoms with Crippen LogP contribution < -0.4 is 29.6 Å². The Morgan fingerprint density at radius 2 is 1.06 bits per heavy atom. The first-order valence-corrected chi connectivity index (χ1v) is 15.4. The summed E-state index contributed by atoms with van der Waals surface area (Å²) in [6.07, 6.45) is 21.8. The third kappa shape index (κ3) is 12.6. The smallest absolute Gasteiger partial charge is 0.744 e. The average Bonchev–Trinajstić information content (AvgIpc) is 2.81. The van der Waals surface area contributed by atoms with Crippen LogP contribution in [0.1, 0.15) is 128 Å². The summed E-state index contributed by atoms with van der Waals surface area (Å²) in [6, 6.07) is 9.53. The maximum atomic E-state index is 11.9. The van der Waals surface area contributed by atoms with E-state index < -0.39 is 10.1 Å². The molecule has 2 rings (SSSR count). The monoisotopic (exact) mass is 510 g/mol. The van der Waals surface area contributed by atoms with Crippen LogP contribution in [0.5, 0.6) is 0 Å². The number of benzene rings is 2. The minimum absolute atomic E-state index is 0. The summed E-state index contributed by atoms with van der Waals surface area (Å²) in [7, 11) is -4.47. The zero-order valence-electron chi connectivity index (χ0n) is 22.7. The quantitative estimate of drug-likeness (QED) is 0.130. The normalized spacial score (nSPS) is 11.6. The maximum Gasteiger partial charge on any atom is 1.00 e. The van der Waals surface area contributed by atoms with Crippen LogP contribution in [0.15, 0.2) is 35.2 Å². The molecule has 192 valence electrons. The topological polar surface area (TPSA) is 57.2 Å². The van der Waals surface area contributed by atoms with Crippen molar-refractivity contribution in [3.8, 4) is 0 Å². The minimum Gasteiger partial charge on any atom is -0.744 e. The van der Waals surface area contributed by atoms with E-state index in [2.05, 4.69) is 32.0 Å². The van der Waals surface area contributed by atoms with Gasteiger partial charge in [-0.1, -0.05) is 122 Å². The summed E-state index contributed by atoms with van der Waals surface area (Å²) >= 11 is 0. The SMILES string of the molecule is CCCCCCCCCCc1cc(S(=O)(=O)[O-])cc2c(CCCCCCCCCC)cccc12.[Na+]. The van der Waals surface area contributed by atoms with E-state index >= 15 is 0 Å². The Labute approximate surface area is 237 Å². The van der Waals surface area contributed by atoms with E-state index in [-0.39, 0.29) is 34.5 Å². The van der Waals surface area contributed by atoms with E-state index in [1.807, 2.05) is 0 Å². The Kier molecular flexibility index (Phi) is 17.5. The molecule has 0 saturated heterocycles. The fourth-order valence-electron chi connectivity index (χ4n) is 4.96. The molecule has 0 saturated carbocycles. The summed E-state index contributed by atoms with van der Waals surface area (Å²) in [5.74, 6) is 0. The number of rotatable bonds is 19. The van der Waals surface area contributed by atoms with Crippen molar-refractivity contribution in [1.82, 2.24) is 0 Å². The third-order valence-electron chi connectivity index (χ3n) is 7.03. The molecule has 0 radical (unpaired) electrons. The molecule has 0 spiro atoms. The molecule has 2 aromatic carbocycles. The number of aryl methyl sites for hydroxylation is 2. The van der Waals surface area contributed by atoms with Gasteiger partial charge >= 0.3 is 29.6 Å².